The van der Waals surface area contributed by atoms with Crippen molar-refractivity contribution in [2.75, 3.05) is 0 Å². The van der Waals surface area contributed by atoms with Gasteiger partial charge in [-0.1, -0.05) is 12.1 Å². The molecule has 0 bridgehead atoms. The van der Waals surface area contributed by atoms with Crippen molar-refractivity contribution in [2.45, 2.75) is 5.50 Å². The van der Waals surface area contributed by atoms with Crippen molar-refractivity contribution < 1.29 is 9.34 Å². The number of rotatable bonds is 2. The van der Waals surface area contributed by atoms with Crippen molar-refractivity contribution in [2.24, 2.45) is 0 Å². The number of aromatic nitrogens is 1. The Balaban J connectivity index is 2.50. The molecule has 1 unspecified atom stereocenters. The molecule has 0 spiro atoms. The van der Waals surface area contributed by atoms with Gasteiger partial charge < -0.3 is 4.42 Å². The van der Waals surface area contributed by atoms with Crippen molar-refractivity contribution in [1.82, 2.24) is 4.98 Å². The van der Waals surface area contributed by atoms with Crippen LogP contribution in [0.5, 0.6) is 0 Å². The van der Waals surface area contributed by atoms with E-state index in [-0.39, 0.29) is 5.89 Å². The van der Waals surface area contributed by atoms with Crippen LogP contribution in [-0.4, -0.2) is 9.91 Å². The standard InChI is InChI=1S/C8H5ClN2O3/c9-7(11(12)13)8-10-5-3-1-2-4-6(5)14-8/h1-4,7H. The lowest BCUT2D eigenvalue weighted by atomic mass is 10.3. The number of alkyl halides is 1. The Morgan fingerprint density at radius 3 is 2.86 bits per heavy atom. The molecule has 0 amide bonds. The van der Waals surface area contributed by atoms with Gasteiger partial charge in [0.05, 0.1) is 0 Å². The molecule has 1 aromatic heterocycles. The summed E-state index contributed by atoms with van der Waals surface area (Å²) in [4.78, 5) is 13.6. The quantitative estimate of drug-likeness (QED) is 0.332. The Labute approximate surface area is 83.4 Å². The number of nitro groups is 1. The largest absolute Gasteiger partial charge is 0.433 e. The fraction of sp³-hybridized carbons (Fsp3) is 0.125. The number of benzene rings is 1. The molecule has 5 nitrogen and oxygen atoms in total. The van der Waals surface area contributed by atoms with E-state index in [1.807, 2.05) is 0 Å². The molecule has 6 heteroatoms. The SMILES string of the molecule is O=[N+]([O-])C(Cl)c1nc2ccccc2o1. The fourth-order valence-electron chi connectivity index (χ4n) is 1.08. The van der Waals surface area contributed by atoms with Crippen molar-refractivity contribution in [3.8, 4) is 0 Å². The van der Waals surface area contributed by atoms with E-state index in [9.17, 15) is 10.1 Å². The first-order valence-electron chi connectivity index (χ1n) is 3.81. The highest BCUT2D eigenvalue weighted by Gasteiger charge is 2.25. The van der Waals surface area contributed by atoms with Gasteiger partial charge >= 0.3 is 5.50 Å². The van der Waals surface area contributed by atoms with Crippen molar-refractivity contribution in [3.05, 3.63) is 40.3 Å². The van der Waals surface area contributed by atoms with Crippen LogP contribution in [0.4, 0.5) is 0 Å². The normalized spacial score (nSPS) is 12.9. The first kappa shape index (κ1) is 8.96. The average Bonchev–Trinajstić information content (AvgIpc) is 2.59. The molecule has 72 valence electrons. The van der Waals surface area contributed by atoms with Crippen molar-refractivity contribution in [3.63, 3.8) is 0 Å². The van der Waals surface area contributed by atoms with Crippen LogP contribution in [0.2, 0.25) is 0 Å². The summed E-state index contributed by atoms with van der Waals surface area (Å²) in [6.45, 7) is 0. The molecule has 14 heavy (non-hydrogen) atoms. The topological polar surface area (TPSA) is 69.2 Å². The summed E-state index contributed by atoms with van der Waals surface area (Å²) >= 11 is 5.46. The van der Waals surface area contributed by atoms with E-state index in [2.05, 4.69) is 4.98 Å². The summed E-state index contributed by atoms with van der Waals surface area (Å²) in [5.41, 5.74) is -0.368. The third-order valence-corrected chi connectivity index (χ3v) is 2.05. The molecule has 0 N–H and O–H groups in total. The van der Waals surface area contributed by atoms with E-state index < -0.39 is 10.4 Å². The number of fused-ring (bicyclic) bond motifs is 1. The Bertz CT molecular complexity index is 449. The Kier molecular flexibility index (Phi) is 2.09. The summed E-state index contributed by atoms with van der Waals surface area (Å²) in [6, 6.07) is 6.90. The molecule has 1 atom stereocenters. The number of oxazole rings is 1. The molecular formula is C8H5ClN2O3. The van der Waals surface area contributed by atoms with E-state index in [1.165, 1.54) is 0 Å². The molecular weight excluding hydrogens is 208 g/mol. The van der Waals surface area contributed by atoms with Crippen LogP contribution in [0.3, 0.4) is 0 Å². The van der Waals surface area contributed by atoms with Crippen LogP contribution >= 0.6 is 11.6 Å². The molecule has 2 rings (SSSR count). The minimum Gasteiger partial charge on any atom is -0.433 e. The molecule has 0 saturated carbocycles. The molecule has 0 radical (unpaired) electrons. The number of nitrogens with zero attached hydrogens (tertiary/aromatic N) is 2. The van der Waals surface area contributed by atoms with E-state index in [0.717, 1.165) is 0 Å². The summed E-state index contributed by atoms with van der Waals surface area (Å²) in [5.74, 6) is -0.0853. The van der Waals surface area contributed by atoms with E-state index in [0.29, 0.717) is 11.1 Å². The maximum absolute atomic E-state index is 10.4. The fourth-order valence-corrected chi connectivity index (χ4v) is 1.18. The molecule has 1 heterocycles. The first-order valence-corrected chi connectivity index (χ1v) is 4.25. The number of para-hydroxylation sites is 2. The highest BCUT2D eigenvalue weighted by Crippen LogP contribution is 2.24. The molecule has 0 fully saturated rings. The maximum atomic E-state index is 10.4. The molecule has 2 aromatic rings. The van der Waals surface area contributed by atoms with Gasteiger partial charge in [-0.3, -0.25) is 10.1 Å². The minimum absolute atomic E-state index is 0.0853. The minimum atomic E-state index is -1.43. The van der Waals surface area contributed by atoms with Crippen LogP contribution in [0.15, 0.2) is 28.7 Å². The van der Waals surface area contributed by atoms with Crippen LogP contribution < -0.4 is 0 Å². The third-order valence-electron chi connectivity index (χ3n) is 1.70. The zero-order valence-electron chi connectivity index (χ0n) is 6.88. The van der Waals surface area contributed by atoms with Gasteiger partial charge in [0.2, 0.25) is 0 Å². The van der Waals surface area contributed by atoms with Gasteiger partial charge in [-0.2, -0.15) is 0 Å². The van der Waals surface area contributed by atoms with Crippen LogP contribution in [0.25, 0.3) is 11.1 Å². The monoisotopic (exact) mass is 212 g/mol. The summed E-state index contributed by atoms with van der Waals surface area (Å²) < 4.78 is 5.11. The van der Waals surface area contributed by atoms with Gasteiger partial charge in [0.15, 0.2) is 5.58 Å². The second kappa shape index (κ2) is 3.26. The molecule has 0 saturated heterocycles. The van der Waals surface area contributed by atoms with Gasteiger partial charge in [0, 0.05) is 4.92 Å². The number of hydrogen-bond donors (Lipinski definition) is 0. The Morgan fingerprint density at radius 2 is 2.21 bits per heavy atom. The van der Waals surface area contributed by atoms with Gasteiger partial charge in [0.25, 0.3) is 5.89 Å². The lowest BCUT2D eigenvalue weighted by Gasteiger charge is -1.93. The summed E-state index contributed by atoms with van der Waals surface area (Å²) in [7, 11) is 0. The lowest BCUT2D eigenvalue weighted by Crippen LogP contribution is -2.03. The number of hydrogen-bond acceptors (Lipinski definition) is 4. The van der Waals surface area contributed by atoms with Gasteiger partial charge in [-0.25, -0.2) is 4.98 Å². The predicted molar refractivity (Wildman–Crippen MR) is 49.6 cm³/mol. The third kappa shape index (κ3) is 1.42. The summed E-state index contributed by atoms with van der Waals surface area (Å²) in [6.07, 6.45) is 0. The zero-order valence-corrected chi connectivity index (χ0v) is 7.64. The predicted octanol–water partition coefficient (Wildman–Crippen LogP) is 2.34. The van der Waals surface area contributed by atoms with E-state index in [4.69, 9.17) is 16.0 Å². The molecule has 0 aliphatic rings. The second-order valence-electron chi connectivity index (χ2n) is 2.64. The average molecular weight is 213 g/mol. The van der Waals surface area contributed by atoms with Crippen LogP contribution in [0.1, 0.15) is 11.4 Å². The molecule has 0 aliphatic heterocycles. The van der Waals surface area contributed by atoms with Crippen molar-refractivity contribution >= 4 is 22.7 Å². The van der Waals surface area contributed by atoms with Crippen LogP contribution in [-0.2, 0) is 0 Å². The Hall–Kier alpha value is -1.62. The lowest BCUT2D eigenvalue weighted by molar-refractivity contribution is -0.507. The van der Waals surface area contributed by atoms with E-state index >= 15 is 0 Å². The maximum Gasteiger partial charge on any atom is 0.361 e. The highest BCUT2D eigenvalue weighted by molar-refractivity contribution is 6.19. The highest BCUT2D eigenvalue weighted by atomic mass is 35.5. The van der Waals surface area contributed by atoms with Gasteiger partial charge in [-0.15, -0.1) is 0 Å². The second-order valence-corrected chi connectivity index (χ2v) is 3.05. The molecule has 1 aromatic carbocycles. The van der Waals surface area contributed by atoms with Gasteiger partial charge in [-0.05, 0) is 23.7 Å². The van der Waals surface area contributed by atoms with Crippen LogP contribution in [0, 0.1) is 10.1 Å². The number of halogens is 1. The van der Waals surface area contributed by atoms with E-state index in [1.54, 1.807) is 24.3 Å². The zero-order chi connectivity index (χ0) is 10.1. The van der Waals surface area contributed by atoms with Gasteiger partial charge in [0.1, 0.15) is 5.52 Å². The first-order chi connectivity index (χ1) is 6.68. The summed E-state index contributed by atoms with van der Waals surface area (Å²) in [5, 5.41) is 10.4. The molecule has 0 aliphatic carbocycles. The van der Waals surface area contributed by atoms with Crippen molar-refractivity contribution in [1.29, 1.82) is 0 Å². The Morgan fingerprint density at radius 1 is 1.50 bits per heavy atom. The smallest absolute Gasteiger partial charge is 0.361 e.